The fourth-order valence-corrected chi connectivity index (χ4v) is 3.35. The topological polar surface area (TPSA) is 32.7 Å². The van der Waals surface area contributed by atoms with Gasteiger partial charge in [0.1, 0.15) is 6.61 Å². The third-order valence-electron chi connectivity index (χ3n) is 3.44. The predicted octanol–water partition coefficient (Wildman–Crippen LogP) is 1.95. The lowest BCUT2D eigenvalue weighted by Crippen LogP contribution is -2.34. The van der Waals surface area contributed by atoms with E-state index in [1.807, 2.05) is 6.07 Å². The van der Waals surface area contributed by atoms with Gasteiger partial charge < -0.3 is 9.84 Å². The molecule has 104 valence electrons. The van der Waals surface area contributed by atoms with Crippen LogP contribution in [0.5, 0.6) is 0 Å². The number of aliphatic hydroxyl groups is 1. The first-order valence-electron chi connectivity index (χ1n) is 6.71. The second-order valence-corrected chi connectivity index (χ2v) is 6.07. The van der Waals surface area contributed by atoms with Gasteiger partial charge in [-0.1, -0.05) is 11.8 Å². The molecule has 2 heterocycles. The molecule has 0 saturated carbocycles. The van der Waals surface area contributed by atoms with Gasteiger partial charge in [0.25, 0.3) is 0 Å². The predicted molar refractivity (Wildman–Crippen MR) is 78.2 cm³/mol. The molecule has 0 bridgehead atoms. The molecule has 0 amide bonds. The summed E-state index contributed by atoms with van der Waals surface area (Å²) in [6, 6.07) is 4.19. The minimum absolute atomic E-state index is 0.0692. The lowest BCUT2D eigenvalue weighted by Gasteiger charge is -2.31. The van der Waals surface area contributed by atoms with E-state index < -0.39 is 0 Å². The van der Waals surface area contributed by atoms with Gasteiger partial charge >= 0.3 is 0 Å². The molecule has 1 aliphatic rings. The van der Waals surface area contributed by atoms with Crippen LogP contribution in [-0.2, 0) is 11.3 Å². The number of methoxy groups -OCH3 is 1. The zero-order chi connectivity index (χ0) is 13.5. The molecule has 0 unspecified atom stereocenters. The van der Waals surface area contributed by atoms with Gasteiger partial charge in [0.05, 0.1) is 4.88 Å². The van der Waals surface area contributed by atoms with Gasteiger partial charge in [0, 0.05) is 25.1 Å². The van der Waals surface area contributed by atoms with Crippen LogP contribution in [0.2, 0.25) is 0 Å². The monoisotopic (exact) mass is 279 g/mol. The number of hydrogen-bond donors (Lipinski definition) is 1. The van der Waals surface area contributed by atoms with E-state index in [1.165, 1.54) is 17.7 Å². The molecule has 0 atom stereocenters. The zero-order valence-corrected chi connectivity index (χ0v) is 12.2. The van der Waals surface area contributed by atoms with Crippen molar-refractivity contribution in [3.63, 3.8) is 0 Å². The molecule has 0 aliphatic carbocycles. The summed E-state index contributed by atoms with van der Waals surface area (Å²) >= 11 is 1.73. The third kappa shape index (κ3) is 4.63. The first-order chi connectivity index (χ1) is 9.31. The molecule has 0 spiro atoms. The molecule has 0 aromatic carbocycles. The van der Waals surface area contributed by atoms with Crippen LogP contribution in [0, 0.1) is 17.8 Å². The Labute approximate surface area is 119 Å². The van der Waals surface area contributed by atoms with Crippen LogP contribution in [0.1, 0.15) is 22.6 Å². The Morgan fingerprint density at radius 1 is 1.42 bits per heavy atom. The molecule has 1 aromatic rings. The Morgan fingerprint density at radius 3 is 2.89 bits per heavy atom. The van der Waals surface area contributed by atoms with E-state index in [2.05, 4.69) is 22.8 Å². The summed E-state index contributed by atoms with van der Waals surface area (Å²) in [5, 5.41) is 8.68. The number of ether oxygens (including phenoxy) is 1. The summed E-state index contributed by atoms with van der Waals surface area (Å²) < 4.78 is 5.22. The van der Waals surface area contributed by atoms with Gasteiger partial charge in [-0.15, -0.1) is 11.3 Å². The van der Waals surface area contributed by atoms with E-state index in [9.17, 15) is 0 Å². The van der Waals surface area contributed by atoms with Gasteiger partial charge in [0.2, 0.25) is 0 Å². The minimum atomic E-state index is -0.0692. The Kier molecular flexibility index (Phi) is 5.87. The summed E-state index contributed by atoms with van der Waals surface area (Å²) in [5.74, 6) is 6.38. The molecule has 4 heteroatoms. The van der Waals surface area contributed by atoms with E-state index >= 15 is 0 Å². The highest BCUT2D eigenvalue weighted by molar-refractivity contribution is 7.12. The summed E-state index contributed by atoms with van der Waals surface area (Å²) in [5.41, 5.74) is 0. The minimum Gasteiger partial charge on any atom is -0.384 e. The maximum atomic E-state index is 8.68. The molecule has 1 fully saturated rings. The smallest absolute Gasteiger partial charge is 0.104 e. The molecule has 1 N–H and O–H groups in total. The van der Waals surface area contributed by atoms with Crippen molar-refractivity contribution in [3.8, 4) is 11.8 Å². The number of aliphatic hydroxyl groups excluding tert-OH is 1. The fraction of sp³-hybridized carbons (Fsp3) is 0.600. The third-order valence-corrected chi connectivity index (χ3v) is 4.43. The van der Waals surface area contributed by atoms with E-state index in [0.717, 1.165) is 37.0 Å². The van der Waals surface area contributed by atoms with Crippen molar-refractivity contribution >= 4 is 11.3 Å². The molecule has 1 aromatic heterocycles. The molecule has 1 saturated heterocycles. The van der Waals surface area contributed by atoms with Crippen molar-refractivity contribution in [2.24, 2.45) is 5.92 Å². The highest BCUT2D eigenvalue weighted by Crippen LogP contribution is 2.22. The van der Waals surface area contributed by atoms with E-state index in [0.29, 0.717) is 0 Å². The van der Waals surface area contributed by atoms with Crippen LogP contribution in [0.15, 0.2) is 12.1 Å². The molecule has 0 radical (unpaired) electrons. The molecule has 2 rings (SSSR count). The highest BCUT2D eigenvalue weighted by Gasteiger charge is 2.19. The molecule has 19 heavy (non-hydrogen) atoms. The van der Waals surface area contributed by atoms with Gasteiger partial charge in [-0.05, 0) is 44.0 Å². The number of nitrogens with zero attached hydrogens (tertiary/aromatic N) is 1. The van der Waals surface area contributed by atoms with Crippen LogP contribution in [0.3, 0.4) is 0 Å². The summed E-state index contributed by atoms with van der Waals surface area (Å²) in [6.07, 6.45) is 2.47. The SMILES string of the molecule is COCC1CCN(Cc2ccc(C#CCO)s2)CC1. The van der Waals surface area contributed by atoms with Crippen molar-refractivity contribution in [2.45, 2.75) is 19.4 Å². The normalized spacial score (nSPS) is 17.2. The Balaban J connectivity index is 1.80. The van der Waals surface area contributed by atoms with E-state index in [1.54, 1.807) is 18.4 Å². The van der Waals surface area contributed by atoms with Crippen molar-refractivity contribution in [2.75, 3.05) is 33.4 Å². The average molecular weight is 279 g/mol. The molecular formula is C15H21NO2S. The average Bonchev–Trinajstić information content (AvgIpc) is 2.87. The van der Waals surface area contributed by atoms with Gasteiger partial charge in [-0.3, -0.25) is 4.90 Å². The van der Waals surface area contributed by atoms with Crippen molar-refractivity contribution in [1.82, 2.24) is 4.90 Å². The van der Waals surface area contributed by atoms with Crippen LogP contribution >= 0.6 is 11.3 Å². The standard InChI is InChI=1S/C15H21NO2S/c1-18-12-13-6-8-16(9-7-13)11-15-5-4-14(19-15)3-2-10-17/h4-5,13,17H,6-12H2,1H3. The van der Waals surface area contributed by atoms with Crippen molar-refractivity contribution in [3.05, 3.63) is 21.9 Å². The van der Waals surface area contributed by atoms with Crippen LogP contribution in [-0.4, -0.2) is 43.4 Å². The number of hydrogen-bond acceptors (Lipinski definition) is 4. The number of rotatable bonds is 4. The summed E-state index contributed by atoms with van der Waals surface area (Å²) in [4.78, 5) is 4.90. The molecular weight excluding hydrogens is 258 g/mol. The molecule has 1 aliphatic heterocycles. The summed E-state index contributed by atoms with van der Waals surface area (Å²) in [7, 11) is 1.78. The van der Waals surface area contributed by atoms with E-state index in [4.69, 9.17) is 9.84 Å². The summed E-state index contributed by atoms with van der Waals surface area (Å²) in [6.45, 7) is 4.16. The Hall–Kier alpha value is -0.860. The van der Waals surface area contributed by atoms with Gasteiger partial charge in [-0.2, -0.15) is 0 Å². The van der Waals surface area contributed by atoms with Gasteiger partial charge in [-0.25, -0.2) is 0 Å². The molecule has 3 nitrogen and oxygen atoms in total. The number of thiophene rings is 1. The zero-order valence-electron chi connectivity index (χ0n) is 11.4. The second-order valence-electron chi connectivity index (χ2n) is 4.90. The lowest BCUT2D eigenvalue weighted by molar-refractivity contribution is 0.0972. The van der Waals surface area contributed by atoms with Crippen LogP contribution in [0.4, 0.5) is 0 Å². The lowest BCUT2D eigenvalue weighted by atomic mass is 9.98. The quantitative estimate of drug-likeness (QED) is 0.855. The van der Waals surface area contributed by atoms with E-state index in [-0.39, 0.29) is 6.61 Å². The van der Waals surface area contributed by atoms with Gasteiger partial charge in [0.15, 0.2) is 0 Å². The van der Waals surface area contributed by atoms with Crippen molar-refractivity contribution < 1.29 is 9.84 Å². The first-order valence-corrected chi connectivity index (χ1v) is 7.53. The second kappa shape index (κ2) is 7.66. The Bertz CT molecular complexity index is 438. The Morgan fingerprint density at radius 2 is 2.21 bits per heavy atom. The maximum absolute atomic E-state index is 8.68. The number of piperidine rings is 1. The van der Waals surface area contributed by atoms with Crippen LogP contribution in [0.25, 0.3) is 0 Å². The first kappa shape index (κ1) is 14.5. The largest absolute Gasteiger partial charge is 0.384 e. The van der Waals surface area contributed by atoms with Crippen molar-refractivity contribution in [1.29, 1.82) is 0 Å². The van der Waals surface area contributed by atoms with Crippen LogP contribution < -0.4 is 0 Å². The fourth-order valence-electron chi connectivity index (χ4n) is 2.42. The number of likely N-dealkylation sites (tertiary alicyclic amines) is 1. The highest BCUT2D eigenvalue weighted by atomic mass is 32.1. The maximum Gasteiger partial charge on any atom is 0.104 e.